The first-order valence-electron chi connectivity index (χ1n) is 4.75. The molecule has 1 aromatic rings. The highest BCUT2D eigenvalue weighted by molar-refractivity contribution is 7.98. The number of carbonyl (C=O) groups is 2. The summed E-state index contributed by atoms with van der Waals surface area (Å²) >= 11 is 1.57. The van der Waals surface area contributed by atoms with Crippen molar-refractivity contribution in [2.24, 2.45) is 0 Å². The summed E-state index contributed by atoms with van der Waals surface area (Å²) in [5, 5.41) is 12.8. The van der Waals surface area contributed by atoms with Crippen LogP contribution in [-0.4, -0.2) is 18.1 Å². The fourth-order valence-electron chi connectivity index (χ4n) is 1.14. The van der Waals surface area contributed by atoms with E-state index in [2.05, 4.69) is 5.32 Å². The predicted molar refractivity (Wildman–Crippen MR) is 61.1 cm³/mol. The average Bonchev–Trinajstić information content (AvgIpc) is 2.26. The van der Waals surface area contributed by atoms with Crippen LogP contribution in [0.3, 0.4) is 0 Å². The number of hydrogen-bond donors (Lipinski definition) is 1. The molecule has 0 saturated carbocycles. The van der Waals surface area contributed by atoms with Crippen molar-refractivity contribution in [1.82, 2.24) is 0 Å². The smallest absolute Gasteiger partial charge is 0.224 e. The maximum absolute atomic E-state index is 11.3. The maximum Gasteiger partial charge on any atom is 0.224 e. The average molecular weight is 238 g/mol. The highest BCUT2D eigenvalue weighted by atomic mass is 32.2. The summed E-state index contributed by atoms with van der Waals surface area (Å²) in [6, 6.07) is 7.36. The molecule has 0 aromatic heterocycles. The van der Waals surface area contributed by atoms with E-state index in [-0.39, 0.29) is 18.7 Å². The van der Waals surface area contributed by atoms with Crippen LogP contribution < -0.4 is 10.4 Å². The Morgan fingerprint density at radius 2 is 2.12 bits per heavy atom. The summed E-state index contributed by atoms with van der Waals surface area (Å²) in [5.74, 6) is -1.53. The number of carbonyl (C=O) groups excluding carboxylic acids is 2. The molecule has 1 N–H and O–H groups in total. The van der Waals surface area contributed by atoms with Gasteiger partial charge in [0.15, 0.2) is 0 Å². The molecule has 0 heterocycles. The van der Waals surface area contributed by atoms with E-state index in [0.717, 1.165) is 4.90 Å². The van der Waals surface area contributed by atoms with E-state index < -0.39 is 5.97 Å². The van der Waals surface area contributed by atoms with Gasteiger partial charge in [-0.1, -0.05) is 6.07 Å². The normalized spacial score (nSPS) is 9.81. The maximum atomic E-state index is 11.3. The predicted octanol–water partition coefficient (Wildman–Crippen LogP) is 0.877. The lowest BCUT2D eigenvalue weighted by molar-refractivity contribution is -0.305. The molecule has 16 heavy (non-hydrogen) atoms. The zero-order valence-electron chi connectivity index (χ0n) is 8.86. The van der Waals surface area contributed by atoms with E-state index in [1.54, 1.807) is 17.8 Å². The monoisotopic (exact) mass is 238 g/mol. The van der Waals surface area contributed by atoms with Gasteiger partial charge >= 0.3 is 0 Å². The lowest BCUT2D eigenvalue weighted by Crippen LogP contribution is -2.24. The topological polar surface area (TPSA) is 69.2 Å². The molecule has 0 bridgehead atoms. The highest BCUT2D eigenvalue weighted by Gasteiger charge is 2.02. The van der Waals surface area contributed by atoms with Crippen LogP contribution in [0.2, 0.25) is 0 Å². The fourth-order valence-corrected chi connectivity index (χ4v) is 1.60. The van der Waals surface area contributed by atoms with Gasteiger partial charge in [-0.15, -0.1) is 11.8 Å². The number of nitrogens with one attached hydrogen (secondary N) is 1. The Bertz CT molecular complexity index is 393. The molecule has 0 unspecified atom stereocenters. The number of anilines is 1. The number of amides is 1. The molecule has 0 saturated heterocycles. The van der Waals surface area contributed by atoms with Crippen LogP contribution >= 0.6 is 11.8 Å². The minimum Gasteiger partial charge on any atom is -0.550 e. The van der Waals surface area contributed by atoms with E-state index in [0.29, 0.717) is 5.69 Å². The quantitative estimate of drug-likeness (QED) is 0.773. The molecule has 0 spiro atoms. The molecule has 0 fully saturated rings. The van der Waals surface area contributed by atoms with Gasteiger partial charge in [-0.3, -0.25) is 4.79 Å². The number of hydrogen-bond acceptors (Lipinski definition) is 4. The first-order valence-corrected chi connectivity index (χ1v) is 5.98. The minimum absolute atomic E-state index is 0.0637. The number of thioether (sulfide) groups is 1. The van der Waals surface area contributed by atoms with Crippen molar-refractivity contribution in [3.63, 3.8) is 0 Å². The van der Waals surface area contributed by atoms with E-state index in [1.807, 2.05) is 24.5 Å². The standard InChI is InChI=1S/C11H13NO3S/c1-16-9-4-2-3-8(7-9)12-10(13)5-6-11(14)15/h2-4,7H,5-6H2,1H3,(H,12,13)(H,14,15)/p-1. The molecule has 0 aliphatic heterocycles. The molecule has 0 radical (unpaired) electrons. The number of benzene rings is 1. The van der Waals surface area contributed by atoms with Crippen LogP contribution in [0.25, 0.3) is 0 Å². The molecule has 1 rings (SSSR count). The van der Waals surface area contributed by atoms with Crippen molar-refractivity contribution < 1.29 is 14.7 Å². The van der Waals surface area contributed by atoms with Crippen molar-refractivity contribution >= 4 is 29.3 Å². The van der Waals surface area contributed by atoms with Crippen LogP contribution in [0, 0.1) is 0 Å². The van der Waals surface area contributed by atoms with Gasteiger partial charge in [0, 0.05) is 23.0 Å². The van der Waals surface area contributed by atoms with E-state index in [1.165, 1.54) is 0 Å². The summed E-state index contributed by atoms with van der Waals surface area (Å²) in [7, 11) is 0. The Kier molecular flexibility index (Phi) is 4.85. The third-order valence-corrected chi connectivity index (χ3v) is 2.64. The second kappa shape index (κ2) is 6.17. The molecule has 0 atom stereocenters. The van der Waals surface area contributed by atoms with Crippen LogP contribution in [0.4, 0.5) is 5.69 Å². The van der Waals surface area contributed by atoms with Crippen LogP contribution in [-0.2, 0) is 9.59 Å². The highest BCUT2D eigenvalue weighted by Crippen LogP contribution is 2.18. The Morgan fingerprint density at radius 1 is 1.38 bits per heavy atom. The van der Waals surface area contributed by atoms with Crippen molar-refractivity contribution in [3.8, 4) is 0 Å². The van der Waals surface area contributed by atoms with Crippen LogP contribution in [0.15, 0.2) is 29.2 Å². The zero-order chi connectivity index (χ0) is 12.0. The molecular weight excluding hydrogens is 226 g/mol. The molecule has 1 aromatic carbocycles. The van der Waals surface area contributed by atoms with Crippen LogP contribution in [0.1, 0.15) is 12.8 Å². The Balaban J connectivity index is 2.52. The van der Waals surface area contributed by atoms with Gasteiger partial charge in [0.2, 0.25) is 5.91 Å². The Hall–Kier alpha value is -1.49. The van der Waals surface area contributed by atoms with E-state index in [4.69, 9.17) is 0 Å². The van der Waals surface area contributed by atoms with E-state index in [9.17, 15) is 14.7 Å². The molecule has 5 heteroatoms. The molecule has 4 nitrogen and oxygen atoms in total. The number of rotatable bonds is 5. The van der Waals surface area contributed by atoms with Crippen molar-refractivity contribution in [2.75, 3.05) is 11.6 Å². The molecule has 86 valence electrons. The summed E-state index contributed by atoms with van der Waals surface area (Å²) in [6.45, 7) is 0. The molecular formula is C11H12NO3S-. The lowest BCUT2D eigenvalue weighted by Gasteiger charge is -2.06. The van der Waals surface area contributed by atoms with Crippen molar-refractivity contribution in [3.05, 3.63) is 24.3 Å². The lowest BCUT2D eigenvalue weighted by atomic mass is 10.2. The number of aliphatic carboxylic acids is 1. The minimum atomic E-state index is -1.21. The molecule has 0 aliphatic rings. The van der Waals surface area contributed by atoms with Gasteiger partial charge in [-0.25, -0.2) is 0 Å². The van der Waals surface area contributed by atoms with Gasteiger partial charge < -0.3 is 15.2 Å². The van der Waals surface area contributed by atoms with Gasteiger partial charge in [-0.2, -0.15) is 0 Å². The van der Waals surface area contributed by atoms with Crippen molar-refractivity contribution in [2.45, 2.75) is 17.7 Å². The van der Waals surface area contributed by atoms with Gasteiger partial charge in [-0.05, 0) is 30.9 Å². The van der Waals surface area contributed by atoms with Gasteiger partial charge in [0.1, 0.15) is 0 Å². The third kappa shape index (κ3) is 4.35. The first-order chi connectivity index (χ1) is 7.61. The van der Waals surface area contributed by atoms with Crippen LogP contribution in [0.5, 0.6) is 0 Å². The second-order valence-electron chi connectivity index (χ2n) is 3.15. The SMILES string of the molecule is CSc1cccc(NC(=O)CCC(=O)[O-])c1. The zero-order valence-corrected chi connectivity index (χ0v) is 9.67. The van der Waals surface area contributed by atoms with Crippen molar-refractivity contribution in [1.29, 1.82) is 0 Å². The third-order valence-electron chi connectivity index (χ3n) is 1.91. The first kappa shape index (κ1) is 12.6. The largest absolute Gasteiger partial charge is 0.550 e. The number of carboxylic acids is 1. The Morgan fingerprint density at radius 3 is 2.75 bits per heavy atom. The van der Waals surface area contributed by atoms with E-state index >= 15 is 0 Å². The summed E-state index contributed by atoms with van der Waals surface area (Å²) in [4.78, 5) is 22.5. The summed E-state index contributed by atoms with van der Waals surface area (Å²) in [5.41, 5.74) is 0.676. The molecule has 0 aliphatic carbocycles. The second-order valence-corrected chi connectivity index (χ2v) is 4.03. The summed E-state index contributed by atoms with van der Waals surface area (Å²) < 4.78 is 0. The number of carboxylic acid groups (broad SMARTS) is 1. The van der Waals surface area contributed by atoms with Gasteiger partial charge in [0.05, 0.1) is 0 Å². The molecule has 1 amide bonds. The Labute approximate surface area is 98.0 Å². The van der Waals surface area contributed by atoms with Gasteiger partial charge in [0.25, 0.3) is 0 Å². The summed E-state index contributed by atoms with van der Waals surface area (Å²) in [6.07, 6.45) is 1.62. The fraction of sp³-hybridized carbons (Fsp3) is 0.273.